The van der Waals surface area contributed by atoms with Crippen molar-refractivity contribution >= 4 is 37.9 Å². The van der Waals surface area contributed by atoms with Gasteiger partial charge in [0.15, 0.2) is 17.5 Å². The van der Waals surface area contributed by atoms with Gasteiger partial charge in [-0.1, -0.05) is 137 Å². The smallest absolute Gasteiger partial charge is 0.164 e. The molecule has 0 amide bonds. The predicted octanol–water partition coefficient (Wildman–Crippen LogP) is 10.9. The summed E-state index contributed by atoms with van der Waals surface area (Å²) in [5.41, 5.74) is 9.05. The minimum atomic E-state index is 0.609. The van der Waals surface area contributed by atoms with Gasteiger partial charge in [-0.05, 0) is 46.5 Å². The predicted molar refractivity (Wildman–Crippen MR) is 182 cm³/mol. The monoisotopic (exact) mass is 629 g/mol. The van der Waals surface area contributed by atoms with Crippen molar-refractivity contribution in [2.45, 2.75) is 0 Å². The average molecular weight is 631 g/mol. The number of para-hydroxylation sites is 1. The zero-order valence-corrected chi connectivity index (χ0v) is 25.1. The number of furan rings is 1. The summed E-state index contributed by atoms with van der Waals surface area (Å²) in [5.74, 6) is 1.86. The number of benzene rings is 6. The zero-order valence-electron chi connectivity index (χ0n) is 23.5. The van der Waals surface area contributed by atoms with Crippen molar-refractivity contribution < 1.29 is 4.42 Å². The Kier molecular flexibility index (Phi) is 6.58. The Morgan fingerprint density at radius 2 is 0.932 bits per heavy atom. The van der Waals surface area contributed by atoms with Gasteiger partial charge in [0.05, 0.1) is 0 Å². The number of hydrogen-bond donors (Lipinski definition) is 0. The summed E-state index contributed by atoms with van der Waals surface area (Å²) in [4.78, 5) is 14.9. The van der Waals surface area contributed by atoms with Crippen LogP contribution in [0.3, 0.4) is 0 Å². The van der Waals surface area contributed by atoms with E-state index in [0.717, 1.165) is 54.2 Å². The molecule has 44 heavy (non-hydrogen) atoms. The molecule has 0 spiro atoms. The van der Waals surface area contributed by atoms with E-state index in [4.69, 9.17) is 19.4 Å². The van der Waals surface area contributed by atoms with Crippen molar-refractivity contribution in [3.05, 3.63) is 150 Å². The van der Waals surface area contributed by atoms with Crippen molar-refractivity contribution in [2.75, 3.05) is 0 Å². The number of nitrogens with zero attached hydrogens (tertiary/aromatic N) is 3. The Balaban J connectivity index is 1.21. The molecule has 8 rings (SSSR count). The Labute approximate surface area is 262 Å². The van der Waals surface area contributed by atoms with Crippen LogP contribution in [0.1, 0.15) is 0 Å². The molecule has 208 valence electrons. The standard InChI is InChI=1S/C39H24BrN3O/c40-31-11-6-10-30(24-31)27-18-16-25(17-19-27)26-20-22-29(23-21-26)38-41-37(28-8-2-1-3-9-28)42-39(43-38)33-13-7-15-35-36(33)32-12-4-5-14-34(32)44-35/h1-24H. The SMILES string of the molecule is Brc1cccc(-c2ccc(-c3ccc(-c4nc(-c5ccccc5)nc(-c5cccc6oc7ccccc7c56)n4)cc3)cc2)c1. The summed E-state index contributed by atoms with van der Waals surface area (Å²) < 4.78 is 7.23. The molecule has 0 radical (unpaired) electrons. The highest BCUT2D eigenvalue weighted by atomic mass is 79.9. The molecule has 0 N–H and O–H groups in total. The molecule has 0 bridgehead atoms. The maximum atomic E-state index is 6.16. The molecular formula is C39H24BrN3O. The van der Waals surface area contributed by atoms with E-state index in [-0.39, 0.29) is 0 Å². The van der Waals surface area contributed by atoms with E-state index in [1.54, 1.807) is 0 Å². The van der Waals surface area contributed by atoms with Crippen molar-refractivity contribution in [3.63, 3.8) is 0 Å². The third-order valence-electron chi connectivity index (χ3n) is 7.83. The van der Waals surface area contributed by atoms with Crippen molar-refractivity contribution in [1.82, 2.24) is 15.0 Å². The van der Waals surface area contributed by atoms with E-state index in [0.29, 0.717) is 17.5 Å². The Bertz CT molecular complexity index is 2280. The normalized spacial score (nSPS) is 11.3. The van der Waals surface area contributed by atoms with Gasteiger partial charge in [0, 0.05) is 31.9 Å². The molecule has 0 saturated heterocycles. The highest BCUT2D eigenvalue weighted by Crippen LogP contribution is 2.36. The summed E-state index contributed by atoms with van der Waals surface area (Å²) in [6, 6.07) is 49.6. The first kappa shape index (κ1) is 26.3. The lowest BCUT2D eigenvalue weighted by molar-refractivity contribution is 0.669. The summed E-state index contributed by atoms with van der Waals surface area (Å²) in [7, 11) is 0. The van der Waals surface area contributed by atoms with Gasteiger partial charge < -0.3 is 4.42 Å². The second-order valence-electron chi connectivity index (χ2n) is 10.6. The lowest BCUT2D eigenvalue weighted by atomic mass is 9.99. The second kappa shape index (κ2) is 11.0. The highest BCUT2D eigenvalue weighted by Gasteiger charge is 2.17. The number of aromatic nitrogens is 3. The minimum Gasteiger partial charge on any atom is -0.456 e. The number of fused-ring (bicyclic) bond motifs is 3. The highest BCUT2D eigenvalue weighted by molar-refractivity contribution is 9.10. The van der Waals surface area contributed by atoms with Crippen LogP contribution in [0.15, 0.2) is 154 Å². The second-order valence-corrected chi connectivity index (χ2v) is 11.5. The van der Waals surface area contributed by atoms with Crippen LogP contribution in [-0.4, -0.2) is 15.0 Å². The van der Waals surface area contributed by atoms with Crippen LogP contribution in [0.25, 0.3) is 78.4 Å². The number of halogens is 1. The van der Waals surface area contributed by atoms with Gasteiger partial charge in [0.1, 0.15) is 11.2 Å². The largest absolute Gasteiger partial charge is 0.456 e. The molecule has 0 atom stereocenters. The fraction of sp³-hybridized carbons (Fsp3) is 0. The molecule has 0 unspecified atom stereocenters. The van der Waals surface area contributed by atoms with Crippen LogP contribution in [0.5, 0.6) is 0 Å². The molecule has 5 heteroatoms. The minimum absolute atomic E-state index is 0.609. The van der Waals surface area contributed by atoms with Crippen LogP contribution in [-0.2, 0) is 0 Å². The molecule has 2 aromatic heterocycles. The lowest BCUT2D eigenvalue weighted by Gasteiger charge is -2.10. The van der Waals surface area contributed by atoms with E-state index in [1.807, 2.05) is 66.7 Å². The fourth-order valence-electron chi connectivity index (χ4n) is 5.64. The van der Waals surface area contributed by atoms with Gasteiger partial charge in [-0.15, -0.1) is 0 Å². The average Bonchev–Trinajstić information content (AvgIpc) is 3.48. The van der Waals surface area contributed by atoms with Crippen molar-refractivity contribution in [1.29, 1.82) is 0 Å². The molecule has 0 aliphatic heterocycles. The van der Waals surface area contributed by atoms with Gasteiger partial charge in [-0.2, -0.15) is 0 Å². The fourth-order valence-corrected chi connectivity index (χ4v) is 6.04. The Morgan fingerprint density at radius 3 is 1.64 bits per heavy atom. The molecule has 6 aromatic carbocycles. The van der Waals surface area contributed by atoms with E-state index in [9.17, 15) is 0 Å². The van der Waals surface area contributed by atoms with E-state index < -0.39 is 0 Å². The summed E-state index contributed by atoms with van der Waals surface area (Å²) in [5, 5.41) is 2.04. The van der Waals surface area contributed by atoms with E-state index in [2.05, 4.69) is 94.8 Å². The Hall–Kier alpha value is -5.39. The van der Waals surface area contributed by atoms with Crippen LogP contribution in [0.4, 0.5) is 0 Å². The number of rotatable bonds is 5. The van der Waals surface area contributed by atoms with E-state index in [1.165, 1.54) is 11.1 Å². The van der Waals surface area contributed by atoms with Crippen LogP contribution < -0.4 is 0 Å². The molecule has 8 aromatic rings. The summed E-state index contributed by atoms with van der Waals surface area (Å²) >= 11 is 3.57. The van der Waals surface area contributed by atoms with Crippen LogP contribution in [0.2, 0.25) is 0 Å². The van der Waals surface area contributed by atoms with Crippen molar-refractivity contribution in [3.8, 4) is 56.4 Å². The molecule has 0 fully saturated rings. The summed E-state index contributed by atoms with van der Waals surface area (Å²) in [6.07, 6.45) is 0. The van der Waals surface area contributed by atoms with Crippen molar-refractivity contribution in [2.24, 2.45) is 0 Å². The maximum absolute atomic E-state index is 6.16. The molecular weight excluding hydrogens is 606 g/mol. The third-order valence-corrected chi connectivity index (χ3v) is 8.32. The van der Waals surface area contributed by atoms with Gasteiger partial charge in [0.2, 0.25) is 0 Å². The molecule has 0 aliphatic rings. The first-order valence-corrected chi connectivity index (χ1v) is 15.2. The van der Waals surface area contributed by atoms with Gasteiger partial charge >= 0.3 is 0 Å². The van der Waals surface area contributed by atoms with E-state index >= 15 is 0 Å². The van der Waals surface area contributed by atoms with Crippen LogP contribution >= 0.6 is 15.9 Å². The van der Waals surface area contributed by atoms with Crippen LogP contribution in [0, 0.1) is 0 Å². The van der Waals surface area contributed by atoms with Gasteiger partial charge in [-0.25, -0.2) is 15.0 Å². The first-order chi connectivity index (χ1) is 21.7. The zero-order chi connectivity index (χ0) is 29.5. The molecule has 0 aliphatic carbocycles. The topological polar surface area (TPSA) is 51.8 Å². The quantitative estimate of drug-likeness (QED) is 0.190. The maximum Gasteiger partial charge on any atom is 0.164 e. The molecule has 2 heterocycles. The first-order valence-electron chi connectivity index (χ1n) is 14.4. The van der Waals surface area contributed by atoms with Gasteiger partial charge in [0.25, 0.3) is 0 Å². The summed E-state index contributed by atoms with van der Waals surface area (Å²) in [6.45, 7) is 0. The molecule has 4 nitrogen and oxygen atoms in total. The Morgan fingerprint density at radius 1 is 0.409 bits per heavy atom. The molecule has 0 saturated carbocycles. The lowest BCUT2D eigenvalue weighted by Crippen LogP contribution is -2.00. The van der Waals surface area contributed by atoms with Gasteiger partial charge in [-0.3, -0.25) is 0 Å². The number of hydrogen-bond acceptors (Lipinski definition) is 4. The third kappa shape index (κ3) is 4.87.